The van der Waals surface area contributed by atoms with Crippen LogP contribution < -0.4 is 15.4 Å². The molecule has 1 atom stereocenters. The molecule has 29 heavy (non-hydrogen) atoms. The van der Waals surface area contributed by atoms with Gasteiger partial charge in [0.25, 0.3) is 0 Å². The lowest BCUT2D eigenvalue weighted by molar-refractivity contribution is -0.131. The SMILES string of the molecule is CC(=O)Oc1ccccc1CNc1nc(NC(CO)C(C)C)nc2c1nnn2C. The highest BCUT2D eigenvalue weighted by Crippen LogP contribution is 2.23. The van der Waals surface area contributed by atoms with Gasteiger partial charge in [0.15, 0.2) is 17.0 Å². The lowest BCUT2D eigenvalue weighted by Gasteiger charge is -2.20. The van der Waals surface area contributed by atoms with Crippen LogP contribution >= 0.6 is 0 Å². The predicted molar refractivity (Wildman–Crippen MR) is 109 cm³/mol. The van der Waals surface area contributed by atoms with Crippen molar-refractivity contribution >= 4 is 28.9 Å². The van der Waals surface area contributed by atoms with E-state index in [2.05, 4.69) is 30.9 Å². The predicted octanol–water partition coefficient (Wildman–Crippen LogP) is 1.72. The largest absolute Gasteiger partial charge is 0.426 e. The highest BCUT2D eigenvalue weighted by Gasteiger charge is 2.18. The summed E-state index contributed by atoms with van der Waals surface area (Å²) in [4.78, 5) is 20.3. The number of hydrogen-bond acceptors (Lipinski definition) is 9. The number of aliphatic hydroxyl groups excluding tert-OH is 1. The summed E-state index contributed by atoms with van der Waals surface area (Å²) in [6.07, 6.45) is 0. The molecule has 10 nitrogen and oxygen atoms in total. The van der Waals surface area contributed by atoms with Gasteiger partial charge in [0.2, 0.25) is 5.95 Å². The van der Waals surface area contributed by atoms with Crippen molar-refractivity contribution in [1.82, 2.24) is 25.0 Å². The normalized spacial score (nSPS) is 12.2. The number of nitrogens with zero attached hydrogens (tertiary/aromatic N) is 5. The summed E-state index contributed by atoms with van der Waals surface area (Å²) in [5.41, 5.74) is 1.87. The highest BCUT2D eigenvalue weighted by atomic mass is 16.5. The number of aryl methyl sites for hydroxylation is 1. The number of nitrogens with one attached hydrogen (secondary N) is 2. The molecule has 0 radical (unpaired) electrons. The van der Waals surface area contributed by atoms with Gasteiger partial charge in [-0.15, -0.1) is 5.10 Å². The molecule has 1 aromatic carbocycles. The number of carbonyl (C=O) groups is 1. The molecule has 0 saturated heterocycles. The fraction of sp³-hybridized carbons (Fsp3) is 0.421. The molecule has 0 amide bonds. The van der Waals surface area contributed by atoms with Crippen molar-refractivity contribution in [3.05, 3.63) is 29.8 Å². The number of anilines is 2. The van der Waals surface area contributed by atoms with Gasteiger partial charge in [0, 0.05) is 26.1 Å². The number of hydrogen-bond donors (Lipinski definition) is 3. The second kappa shape index (κ2) is 8.82. The van der Waals surface area contributed by atoms with Crippen LogP contribution in [0.1, 0.15) is 26.3 Å². The average Bonchev–Trinajstić information content (AvgIpc) is 3.05. The molecule has 0 fully saturated rings. The van der Waals surface area contributed by atoms with E-state index in [1.165, 1.54) is 6.92 Å². The second-order valence-corrected chi connectivity index (χ2v) is 7.01. The topological polar surface area (TPSA) is 127 Å². The molecular formula is C19H25N7O3. The van der Waals surface area contributed by atoms with Crippen LogP contribution in [0, 0.1) is 5.92 Å². The number of fused-ring (bicyclic) bond motifs is 1. The van der Waals surface area contributed by atoms with Gasteiger partial charge in [0.05, 0.1) is 12.6 Å². The maximum Gasteiger partial charge on any atom is 0.308 e. The van der Waals surface area contributed by atoms with E-state index in [4.69, 9.17) is 4.74 Å². The smallest absolute Gasteiger partial charge is 0.308 e. The van der Waals surface area contributed by atoms with Gasteiger partial charge in [-0.1, -0.05) is 37.3 Å². The van der Waals surface area contributed by atoms with Crippen LogP contribution in [-0.4, -0.2) is 48.7 Å². The molecule has 0 spiro atoms. The summed E-state index contributed by atoms with van der Waals surface area (Å²) in [6, 6.07) is 7.07. The Balaban J connectivity index is 1.90. The van der Waals surface area contributed by atoms with E-state index in [0.29, 0.717) is 35.2 Å². The molecule has 2 heterocycles. The van der Waals surface area contributed by atoms with Crippen molar-refractivity contribution in [3.8, 4) is 5.75 Å². The number of rotatable bonds is 8. The van der Waals surface area contributed by atoms with E-state index < -0.39 is 0 Å². The van der Waals surface area contributed by atoms with E-state index in [1.54, 1.807) is 23.9 Å². The summed E-state index contributed by atoms with van der Waals surface area (Å²) < 4.78 is 6.82. The number of benzene rings is 1. The van der Waals surface area contributed by atoms with Crippen molar-refractivity contribution in [1.29, 1.82) is 0 Å². The molecule has 0 saturated carbocycles. The first kappa shape index (κ1) is 20.5. The van der Waals surface area contributed by atoms with Crippen molar-refractivity contribution in [3.63, 3.8) is 0 Å². The Hall–Kier alpha value is -3.27. The van der Waals surface area contributed by atoms with Crippen LogP contribution in [0.15, 0.2) is 24.3 Å². The standard InChI is InChI=1S/C19H25N7O3/c1-11(2)14(10-27)21-19-22-17(16-18(23-19)26(4)25-24-16)20-9-13-7-5-6-8-15(13)29-12(3)28/h5-8,11,14,27H,9-10H2,1-4H3,(H2,20,21,22,23). The average molecular weight is 399 g/mol. The van der Waals surface area contributed by atoms with Crippen molar-refractivity contribution in [2.45, 2.75) is 33.4 Å². The van der Waals surface area contributed by atoms with E-state index in [-0.39, 0.29) is 24.5 Å². The summed E-state index contributed by atoms with van der Waals surface area (Å²) in [5.74, 6) is 1.15. The van der Waals surface area contributed by atoms with E-state index in [9.17, 15) is 9.90 Å². The first-order valence-corrected chi connectivity index (χ1v) is 9.34. The number of esters is 1. The minimum atomic E-state index is -0.383. The third-order valence-electron chi connectivity index (χ3n) is 4.44. The van der Waals surface area contributed by atoms with Gasteiger partial charge in [0.1, 0.15) is 5.75 Å². The summed E-state index contributed by atoms with van der Waals surface area (Å²) in [7, 11) is 1.75. The fourth-order valence-electron chi connectivity index (χ4n) is 2.77. The van der Waals surface area contributed by atoms with Crippen molar-refractivity contribution in [2.24, 2.45) is 13.0 Å². The molecule has 3 aromatic rings. The van der Waals surface area contributed by atoms with Crippen LogP contribution in [0.4, 0.5) is 11.8 Å². The van der Waals surface area contributed by atoms with E-state index >= 15 is 0 Å². The van der Waals surface area contributed by atoms with Gasteiger partial charge >= 0.3 is 5.97 Å². The number of ether oxygens (including phenoxy) is 1. The molecule has 10 heteroatoms. The van der Waals surface area contributed by atoms with Crippen LogP contribution in [-0.2, 0) is 18.4 Å². The molecule has 0 aliphatic carbocycles. The van der Waals surface area contributed by atoms with Crippen LogP contribution in [0.25, 0.3) is 11.2 Å². The van der Waals surface area contributed by atoms with Gasteiger partial charge in [-0.25, -0.2) is 4.68 Å². The summed E-state index contributed by atoms with van der Waals surface area (Å²) in [6.45, 7) is 5.69. The number of aromatic nitrogens is 5. The lowest BCUT2D eigenvalue weighted by atomic mass is 10.1. The Morgan fingerprint density at radius 1 is 1.28 bits per heavy atom. The van der Waals surface area contributed by atoms with Gasteiger partial charge < -0.3 is 20.5 Å². The Labute approximate surface area is 168 Å². The Bertz CT molecular complexity index is 1000. The Kier molecular flexibility index (Phi) is 6.23. The maximum absolute atomic E-state index is 11.3. The van der Waals surface area contributed by atoms with Crippen molar-refractivity contribution in [2.75, 3.05) is 17.2 Å². The number of carbonyl (C=O) groups excluding carboxylic acids is 1. The minimum absolute atomic E-state index is 0.0405. The summed E-state index contributed by atoms with van der Waals surface area (Å²) in [5, 5.41) is 24.2. The van der Waals surface area contributed by atoms with Gasteiger partial charge in [-0.05, 0) is 12.0 Å². The van der Waals surface area contributed by atoms with Crippen LogP contribution in [0.3, 0.4) is 0 Å². The number of aliphatic hydroxyl groups is 1. The minimum Gasteiger partial charge on any atom is -0.426 e. The van der Waals surface area contributed by atoms with Crippen molar-refractivity contribution < 1.29 is 14.6 Å². The van der Waals surface area contributed by atoms with Crippen LogP contribution in [0.2, 0.25) is 0 Å². The molecule has 0 bridgehead atoms. The number of para-hydroxylation sites is 1. The monoisotopic (exact) mass is 399 g/mol. The first-order valence-electron chi connectivity index (χ1n) is 9.34. The van der Waals surface area contributed by atoms with Crippen LogP contribution in [0.5, 0.6) is 5.75 Å². The zero-order valence-electron chi connectivity index (χ0n) is 16.9. The Morgan fingerprint density at radius 2 is 2.03 bits per heavy atom. The molecule has 3 N–H and O–H groups in total. The highest BCUT2D eigenvalue weighted by molar-refractivity contribution is 5.83. The maximum atomic E-state index is 11.3. The lowest BCUT2D eigenvalue weighted by Crippen LogP contribution is -2.30. The second-order valence-electron chi connectivity index (χ2n) is 7.01. The molecule has 1 unspecified atom stereocenters. The third-order valence-corrected chi connectivity index (χ3v) is 4.44. The molecule has 2 aromatic heterocycles. The molecular weight excluding hydrogens is 374 g/mol. The van der Waals surface area contributed by atoms with Gasteiger partial charge in [-0.2, -0.15) is 9.97 Å². The molecule has 0 aliphatic heterocycles. The van der Waals surface area contributed by atoms with E-state index in [1.807, 2.05) is 26.0 Å². The van der Waals surface area contributed by atoms with Gasteiger partial charge in [-0.3, -0.25) is 4.79 Å². The summed E-state index contributed by atoms with van der Waals surface area (Å²) >= 11 is 0. The Morgan fingerprint density at radius 3 is 2.72 bits per heavy atom. The molecule has 3 rings (SSSR count). The van der Waals surface area contributed by atoms with E-state index in [0.717, 1.165) is 5.56 Å². The molecule has 154 valence electrons. The third kappa shape index (κ3) is 4.77. The molecule has 0 aliphatic rings. The zero-order valence-corrected chi connectivity index (χ0v) is 16.9. The zero-order chi connectivity index (χ0) is 21.0. The quantitative estimate of drug-likeness (QED) is 0.383. The first-order chi connectivity index (χ1) is 13.9. The fourth-order valence-corrected chi connectivity index (χ4v) is 2.77.